The number of hydrogen-bond donors (Lipinski definition) is 2. The fraction of sp³-hybridized carbons (Fsp3) is 0.562. The van der Waals surface area contributed by atoms with E-state index in [9.17, 15) is 8.78 Å². The smallest absolute Gasteiger partial charge is 0.150 e. The number of benzene rings is 1. The second-order valence-electron chi connectivity index (χ2n) is 5.70. The van der Waals surface area contributed by atoms with E-state index in [0.29, 0.717) is 6.54 Å². The molecule has 0 aliphatic heterocycles. The molecule has 21 heavy (non-hydrogen) atoms. The zero-order valence-electron chi connectivity index (χ0n) is 12.7. The molecule has 5 heteroatoms. The molecule has 0 fully saturated rings. The van der Waals surface area contributed by atoms with Crippen LogP contribution < -0.4 is 11.1 Å². The van der Waals surface area contributed by atoms with E-state index in [1.54, 1.807) is 0 Å². The molecule has 0 aliphatic carbocycles. The van der Waals surface area contributed by atoms with Crippen molar-refractivity contribution in [1.29, 1.82) is 0 Å². The van der Waals surface area contributed by atoms with E-state index in [2.05, 4.69) is 19.2 Å². The van der Waals surface area contributed by atoms with Gasteiger partial charge in [0.2, 0.25) is 0 Å². The summed E-state index contributed by atoms with van der Waals surface area (Å²) in [6.45, 7) is 4.98. The third kappa shape index (κ3) is 6.38. The van der Waals surface area contributed by atoms with E-state index >= 15 is 0 Å². The monoisotopic (exact) mass is 314 g/mol. The maximum atomic E-state index is 13.8. The van der Waals surface area contributed by atoms with Crippen LogP contribution in [0.25, 0.3) is 0 Å². The molecule has 0 bridgehead atoms. The molecular formula is C16H24F2N2S. The number of halogens is 2. The van der Waals surface area contributed by atoms with Gasteiger partial charge in [0.25, 0.3) is 0 Å². The Morgan fingerprint density at radius 3 is 2.24 bits per heavy atom. The number of nitrogens with two attached hydrogens (primary N) is 1. The lowest BCUT2D eigenvalue weighted by Gasteiger charge is -2.10. The molecule has 0 unspecified atom stereocenters. The summed E-state index contributed by atoms with van der Waals surface area (Å²) in [4.78, 5) is -0.00972. The summed E-state index contributed by atoms with van der Waals surface area (Å²) in [6, 6.07) is 2.33. The van der Waals surface area contributed by atoms with Crippen LogP contribution in [-0.2, 0) is 0 Å². The van der Waals surface area contributed by atoms with Crippen molar-refractivity contribution in [2.45, 2.75) is 46.0 Å². The summed E-state index contributed by atoms with van der Waals surface area (Å²) in [5, 5.41) is 2.81. The van der Waals surface area contributed by atoms with Crippen molar-refractivity contribution in [2.24, 2.45) is 11.7 Å². The van der Waals surface area contributed by atoms with Crippen molar-refractivity contribution in [3.05, 3.63) is 29.3 Å². The van der Waals surface area contributed by atoms with Crippen LogP contribution in [-0.4, -0.2) is 11.5 Å². The van der Waals surface area contributed by atoms with Crippen LogP contribution in [0, 0.1) is 17.6 Å². The molecule has 0 aromatic heterocycles. The van der Waals surface area contributed by atoms with Gasteiger partial charge >= 0.3 is 0 Å². The molecule has 118 valence electrons. The van der Waals surface area contributed by atoms with E-state index in [1.165, 1.54) is 12.8 Å². The summed E-state index contributed by atoms with van der Waals surface area (Å²) in [5.41, 5.74) is 5.48. The second kappa shape index (κ2) is 8.93. The first-order valence-corrected chi connectivity index (χ1v) is 7.85. The fourth-order valence-corrected chi connectivity index (χ4v) is 2.25. The molecule has 3 N–H and O–H groups in total. The molecule has 0 saturated heterocycles. The Balaban J connectivity index is 2.37. The first kappa shape index (κ1) is 17.8. The minimum Gasteiger partial charge on any atom is -0.389 e. The summed E-state index contributed by atoms with van der Waals surface area (Å²) in [5.74, 6) is -0.575. The molecule has 0 amide bonds. The topological polar surface area (TPSA) is 38.0 Å². The van der Waals surface area contributed by atoms with Gasteiger partial charge in [-0.25, -0.2) is 8.78 Å². The zero-order valence-corrected chi connectivity index (χ0v) is 13.5. The van der Waals surface area contributed by atoms with E-state index in [4.69, 9.17) is 18.0 Å². The van der Waals surface area contributed by atoms with Crippen LogP contribution >= 0.6 is 12.2 Å². The first-order chi connectivity index (χ1) is 9.91. The summed E-state index contributed by atoms with van der Waals surface area (Å²) in [7, 11) is 0. The number of anilines is 1. The lowest BCUT2D eigenvalue weighted by Crippen LogP contribution is -2.12. The van der Waals surface area contributed by atoms with E-state index in [-0.39, 0.29) is 16.2 Å². The van der Waals surface area contributed by atoms with Crippen LogP contribution in [0.5, 0.6) is 0 Å². The number of thiocarbonyl (C=S) groups is 1. The van der Waals surface area contributed by atoms with E-state index < -0.39 is 11.6 Å². The van der Waals surface area contributed by atoms with Gasteiger partial charge in [-0.1, -0.05) is 51.7 Å². The highest BCUT2D eigenvalue weighted by Gasteiger charge is 2.11. The van der Waals surface area contributed by atoms with Crippen LogP contribution in [0.15, 0.2) is 12.1 Å². The molecule has 0 radical (unpaired) electrons. The predicted octanol–water partition coefficient (Wildman–Crippen LogP) is 4.62. The SMILES string of the molecule is CC(C)CCCCCCNc1c(F)cc(C(N)=S)cc1F. The number of unbranched alkanes of at least 4 members (excludes halogenated alkanes) is 3. The van der Waals surface area contributed by atoms with Crippen LogP contribution in [0.4, 0.5) is 14.5 Å². The van der Waals surface area contributed by atoms with Crippen LogP contribution in [0.2, 0.25) is 0 Å². The van der Waals surface area contributed by atoms with Gasteiger partial charge in [-0.3, -0.25) is 0 Å². The van der Waals surface area contributed by atoms with Gasteiger partial charge in [0.1, 0.15) is 22.3 Å². The highest BCUT2D eigenvalue weighted by atomic mass is 32.1. The van der Waals surface area contributed by atoms with Crippen molar-refractivity contribution in [3.8, 4) is 0 Å². The Hall–Kier alpha value is -1.23. The normalized spacial score (nSPS) is 10.9. The van der Waals surface area contributed by atoms with Crippen LogP contribution in [0.3, 0.4) is 0 Å². The average Bonchev–Trinajstić information content (AvgIpc) is 2.39. The van der Waals surface area contributed by atoms with Crippen molar-refractivity contribution < 1.29 is 8.78 Å². The maximum absolute atomic E-state index is 13.8. The second-order valence-corrected chi connectivity index (χ2v) is 6.14. The van der Waals surface area contributed by atoms with Crippen molar-refractivity contribution in [3.63, 3.8) is 0 Å². The third-order valence-electron chi connectivity index (χ3n) is 3.34. The Labute approximate surface area is 131 Å². The van der Waals surface area contributed by atoms with Crippen molar-refractivity contribution in [2.75, 3.05) is 11.9 Å². The molecule has 0 heterocycles. The van der Waals surface area contributed by atoms with Gasteiger partial charge in [-0.2, -0.15) is 0 Å². The number of rotatable bonds is 9. The number of hydrogen-bond acceptors (Lipinski definition) is 2. The molecule has 0 spiro atoms. The molecule has 2 nitrogen and oxygen atoms in total. The van der Waals surface area contributed by atoms with Gasteiger partial charge in [0, 0.05) is 12.1 Å². The Kier molecular flexibility index (Phi) is 7.57. The van der Waals surface area contributed by atoms with Gasteiger partial charge in [-0.15, -0.1) is 0 Å². The minimum atomic E-state index is -0.655. The van der Waals surface area contributed by atoms with Gasteiger partial charge < -0.3 is 11.1 Å². The highest BCUT2D eigenvalue weighted by Crippen LogP contribution is 2.21. The summed E-state index contributed by atoms with van der Waals surface area (Å²) >= 11 is 4.71. The van der Waals surface area contributed by atoms with E-state index in [0.717, 1.165) is 37.3 Å². The quantitative estimate of drug-likeness (QED) is 0.516. The Bertz CT molecular complexity index is 452. The first-order valence-electron chi connectivity index (χ1n) is 7.44. The molecule has 1 aromatic carbocycles. The fourth-order valence-electron chi connectivity index (χ4n) is 2.13. The van der Waals surface area contributed by atoms with Gasteiger partial charge in [0.05, 0.1) is 0 Å². The number of nitrogens with one attached hydrogen (secondary N) is 1. The van der Waals surface area contributed by atoms with Gasteiger partial charge in [0.15, 0.2) is 0 Å². The zero-order chi connectivity index (χ0) is 15.8. The van der Waals surface area contributed by atoms with Gasteiger partial charge in [-0.05, 0) is 24.5 Å². The Morgan fingerprint density at radius 2 is 1.71 bits per heavy atom. The molecule has 0 atom stereocenters. The van der Waals surface area contributed by atoms with Crippen LogP contribution in [0.1, 0.15) is 51.5 Å². The molecule has 0 aliphatic rings. The van der Waals surface area contributed by atoms with Crippen molar-refractivity contribution >= 4 is 22.9 Å². The lowest BCUT2D eigenvalue weighted by atomic mass is 10.0. The van der Waals surface area contributed by atoms with E-state index in [1.807, 2.05) is 0 Å². The predicted molar refractivity (Wildman–Crippen MR) is 88.7 cm³/mol. The molecule has 1 aromatic rings. The largest absolute Gasteiger partial charge is 0.389 e. The standard InChI is InChI=1S/C16H24F2N2S/c1-11(2)7-5-3-4-6-8-20-15-13(17)9-12(16(19)21)10-14(15)18/h9-11,20H,3-8H2,1-2H3,(H2,19,21). The molecule has 0 saturated carbocycles. The minimum absolute atomic E-state index is 0.00972. The molecule has 1 rings (SSSR count). The Morgan fingerprint density at radius 1 is 1.14 bits per heavy atom. The summed E-state index contributed by atoms with van der Waals surface area (Å²) in [6.07, 6.45) is 5.56. The summed E-state index contributed by atoms with van der Waals surface area (Å²) < 4.78 is 27.5. The maximum Gasteiger partial charge on any atom is 0.150 e. The molecular weight excluding hydrogens is 290 g/mol. The highest BCUT2D eigenvalue weighted by molar-refractivity contribution is 7.80. The van der Waals surface area contributed by atoms with Crippen molar-refractivity contribution in [1.82, 2.24) is 0 Å². The lowest BCUT2D eigenvalue weighted by molar-refractivity contribution is 0.522. The average molecular weight is 314 g/mol. The third-order valence-corrected chi connectivity index (χ3v) is 3.57.